The minimum absolute atomic E-state index is 0.304. The van der Waals surface area contributed by atoms with Crippen LogP contribution in [-0.4, -0.2) is 12.6 Å². The number of aryl methyl sites for hydroxylation is 1. The summed E-state index contributed by atoms with van der Waals surface area (Å²) >= 11 is 0. The van der Waals surface area contributed by atoms with E-state index in [1.807, 2.05) is 31.2 Å². The molecule has 0 radical (unpaired) electrons. The van der Waals surface area contributed by atoms with Crippen LogP contribution in [0.5, 0.6) is 0 Å². The molecule has 0 unspecified atom stereocenters. The molecule has 0 aliphatic carbocycles. The van der Waals surface area contributed by atoms with Gasteiger partial charge in [0.2, 0.25) is 0 Å². The fourth-order valence-electron chi connectivity index (χ4n) is 2.07. The maximum absolute atomic E-state index is 13.4. The van der Waals surface area contributed by atoms with Crippen molar-refractivity contribution in [3.05, 3.63) is 77.2 Å². The highest BCUT2D eigenvalue weighted by Gasteiger charge is 2.00. The first-order valence-electron chi connectivity index (χ1n) is 7.17. The van der Waals surface area contributed by atoms with Crippen molar-refractivity contribution >= 4 is 12.1 Å². The van der Waals surface area contributed by atoms with Crippen LogP contribution in [-0.2, 0) is 6.42 Å². The Labute approximate surface area is 129 Å². The number of nitrogens with one attached hydrogen (secondary N) is 2. The second-order valence-corrected chi connectivity index (χ2v) is 4.93. The number of hydrogen-bond acceptors (Lipinski definition) is 1. The fraction of sp³-hybridized carbons (Fsp3) is 0.167. The highest BCUT2D eigenvalue weighted by Crippen LogP contribution is 2.08. The third-order valence-electron chi connectivity index (χ3n) is 3.32. The second kappa shape index (κ2) is 7.98. The van der Waals surface area contributed by atoms with Crippen LogP contribution in [0.1, 0.15) is 16.7 Å². The first-order valence-corrected chi connectivity index (χ1v) is 7.17. The van der Waals surface area contributed by atoms with E-state index in [9.17, 15) is 9.18 Å². The summed E-state index contributed by atoms with van der Waals surface area (Å²) in [5.41, 5.74) is 2.86. The molecule has 0 saturated heterocycles. The Bertz CT molecular complexity index is 668. The zero-order valence-electron chi connectivity index (χ0n) is 12.5. The van der Waals surface area contributed by atoms with Crippen LogP contribution in [0, 0.1) is 12.7 Å². The summed E-state index contributed by atoms with van der Waals surface area (Å²) in [7, 11) is 0. The van der Waals surface area contributed by atoms with Crippen molar-refractivity contribution in [2.75, 3.05) is 6.54 Å². The SMILES string of the molecule is Cc1ccccc1CCNC(=O)N/C=C/c1ccccc1F. The first-order chi connectivity index (χ1) is 10.7. The number of carbonyl (C=O) groups is 1. The van der Waals surface area contributed by atoms with Gasteiger partial charge in [0.1, 0.15) is 5.82 Å². The monoisotopic (exact) mass is 298 g/mol. The molecular weight excluding hydrogens is 279 g/mol. The van der Waals surface area contributed by atoms with Gasteiger partial charge in [-0.15, -0.1) is 0 Å². The Kier molecular flexibility index (Phi) is 5.72. The average Bonchev–Trinajstić information content (AvgIpc) is 2.51. The van der Waals surface area contributed by atoms with E-state index in [0.717, 1.165) is 6.42 Å². The molecule has 2 amide bonds. The molecule has 114 valence electrons. The van der Waals surface area contributed by atoms with Gasteiger partial charge in [-0.05, 0) is 36.6 Å². The lowest BCUT2D eigenvalue weighted by atomic mass is 10.1. The van der Waals surface area contributed by atoms with Gasteiger partial charge >= 0.3 is 6.03 Å². The normalized spacial score (nSPS) is 10.6. The molecule has 2 aromatic carbocycles. The van der Waals surface area contributed by atoms with E-state index in [1.54, 1.807) is 18.2 Å². The fourth-order valence-corrected chi connectivity index (χ4v) is 2.07. The van der Waals surface area contributed by atoms with E-state index < -0.39 is 0 Å². The van der Waals surface area contributed by atoms with Gasteiger partial charge in [0, 0.05) is 18.3 Å². The van der Waals surface area contributed by atoms with E-state index in [1.165, 1.54) is 29.5 Å². The van der Waals surface area contributed by atoms with Crippen molar-refractivity contribution in [2.24, 2.45) is 0 Å². The summed E-state index contributed by atoms with van der Waals surface area (Å²) in [5.74, 6) is -0.319. The molecule has 0 aromatic heterocycles. The van der Waals surface area contributed by atoms with Crippen LogP contribution in [0.3, 0.4) is 0 Å². The molecule has 0 bridgehead atoms. The maximum Gasteiger partial charge on any atom is 0.318 e. The van der Waals surface area contributed by atoms with Crippen LogP contribution < -0.4 is 10.6 Å². The van der Waals surface area contributed by atoms with Crippen LogP contribution in [0.4, 0.5) is 9.18 Å². The minimum atomic E-state index is -0.319. The van der Waals surface area contributed by atoms with Crippen molar-refractivity contribution in [3.8, 4) is 0 Å². The summed E-state index contributed by atoms with van der Waals surface area (Å²) < 4.78 is 13.4. The molecule has 22 heavy (non-hydrogen) atoms. The predicted molar refractivity (Wildman–Crippen MR) is 86.9 cm³/mol. The lowest BCUT2D eigenvalue weighted by Crippen LogP contribution is -2.33. The number of carbonyl (C=O) groups excluding carboxylic acids is 1. The molecule has 0 heterocycles. The van der Waals surface area contributed by atoms with E-state index in [-0.39, 0.29) is 11.8 Å². The number of urea groups is 1. The third kappa shape index (κ3) is 4.74. The predicted octanol–water partition coefficient (Wildman–Crippen LogP) is 3.65. The molecule has 3 nitrogen and oxygen atoms in total. The number of rotatable bonds is 5. The topological polar surface area (TPSA) is 41.1 Å². The summed E-state index contributed by atoms with van der Waals surface area (Å²) in [6.07, 6.45) is 3.73. The van der Waals surface area contributed by atoms with Crippen LogP contribution in [0.25, 0.3) is 6.08 Å². The van der Waals surface area contributed by atoms with E-state index in [0.29, 0.717) is 12.1 Å². The average molecular weight is 298 g/mol. The van der Waals surface area contributed by atoms with Gasteiger partial charge in [0.15, 0.2) is 0 Å². The smallest absolute Gasteiger partial charge is 0.318 e. The number of halogens is 1. The van der Waals surface area contributed by atoms with E-state index in [2.05, 4.69) is 10.6 Å². The van der Waals surface area contributed by atoms with E-state index >= 15 is 0 Å². The molecule has 0 spiro atoms. The molecule has 4 heteroatoms. The highest BCUT2D eigenvalue weighted by atomic mass is 19.1. The van der Waals surface area contributed by atoms with Gasteiger partial charge in [-0.25, -0.2) is 9.18 Å². The summed E-state index contributed by atoms with van der Waals surface area (Å²) in [6.45, 7) is 2.59. The Morgan fingerprint density at radius 3 is 2.64 bits per heavy atom. The summed E-state index contributed by atoms with van der Waals surface area (Å²) in [4.78, 5) is 11.6. The quantitative estimate of drug-likeness (QED) is 0.869. The van der Waals surface area contributed by atoms with Gasteiger partial charge in [0.05, 0.1) is 0 Å². The zero-order chi connectivity index (χ0) is 15.8. The van der Waals surface area contributed by atoms with Crippen LogP contribution >= 0.6 is 0 Å². The lowest BCUT2D eigenvalue weighted by Gasteiger charge is -2.07. The number of benzene rings is 2. The van der Waals surface area contributed by atoms with Crippen LogP contribution in [0.15, 0.2) is 54.7 Å². The number of amides is 2. The Morgan fingerprint density at radius 2 is 1.86 bits per heavy atom. The largest absolute Gasteiger partial charge is 0.338 e. The van der Waals surface area contributed by atoms with Gasteiger partial charge in [-0.1, -0.05) is 42.5 Å². The maximum atomic E-state index is 13.4. The molecule has 2 aromatic rings. The minimum Gasteiger partial charge on any atom is -0.338 e. The summed E-state index contributed by atoms with van der Waals surface area (Å²) in [6, 6.07) is 14.2. The Morgan fingerprint density at radius 1 is 1.14 bits per heavy atom. The van der Waals surface area contributed by atoms with Crippen molar-refractivity contribution in [1.82, 2.24) is 10.6 Å². The Balaban J connectivity index is 1.75. The van der Waals surface area contributed by atoms with Crippen molar-refractivity contribution in [3.63, 3.8) is 0 Å². The molecule has 0 saturated carbocycles. The molecule has 0 atom stereocenters. The summed E-state index contributed by atoms with van der Waals surface area (Å²) in [5, 5.41) is 5.33. The van der Waals surface area contributed by atoms with Gasteiger partial charge in [0.25, 0.3) is 0 Å². The van der Waals surface area contributed by atoms with Crippen molar-refractivity contribution in [2.45, 2.75) is 13.3 Å². The van der Waals surface area contributed by atoms with Crippen molar-refractivity contribution < 1.29 is 9.18 Å². The standard InChI is InChI=1S/C18H19FN2O/c1-14-6-2-3-7-15(14)10-12-20-18(22)21-13-11-16-8-4-5-9-17(16)19/h2-9,11,13H,10,12H2,1H3,(H2,20,21,22)/b13-11+. The van der Waals surface area contributed by atoms with Crippen molar-refractivity contribution in [1.29, 1.82) is 0 Å². The Hall–Kier alpha value is -2.62. The molecule has 2 rings (SSSR count). The molecular formula is C18H19FN2O. The van der Waals surface area contributed by atoms with Gasteiger partial charge < -0.3 is 10.6 Å². The second-order valence-electron chi connectivity index (χ2n) is 4.93. The third-order valence-corrected chi connectivity index (χ3v) is 3.32. The molecule has 2 N–H and O–H groups in total. The molecule has 0 fully saturated rings. The lowest BCUT2D eigenvalue weighted by molar-refractivity contribution is 0.244. The number of hydrogen-bond donors (Lipinski definition) is 2. The molecule has 0 aliphatic rings. The van der Waals surface area contributed by atoms with Crippen LogP contribution in [0.2, 0.25) is 0 Å². The van der Waals surface area contributed by atoms with Gasteiger partial charge in [-0.2, -0.15) is 0 Å². The van der Waals surface area contributed by atoms with E-state index in [4.69, 9.17) is 0 Å². The molecule has 0 aliphatic heterocycles. The first kappa shape index (κ1) is 15.8. The zero-order valence-corrected chi connectivity index (χ0v) is 12.5. The highest BCUT2D eigenvalue weighted by molar-refractivity contribution is 5.75. The van der Waals surface area contributed by atoms with Gasteiger partial charge in [-0.3, -0.25) is 0 Å².